The highest BCUT2D eigenvalue weighted by molar-refractivity contribution is 9.10. The van der Waals surface area contributed by atoms with Gasteiger partial charge in [-0.15, -0.1) is 0 Å². The van der Waals surface area contributed by atoms with Gasteiger partial charge >= 0.3 is 0 Å². The lowest BCUT2D eigenvalue weighted by Crippen LogP contribution is -2.31. The summed E-state index contributed by atoms with van der Waals surface area (Å²) in [5, 5.41) is 13.8. The molecule has 0 atom stereocenters. The second kappa shape index (κ2) is 31.9. The maximum absolute atomic E-state index is 10.7. The van der Waals surface area contributed by atoms with Gasteiger partial charge in [-0.3, -0.25) is 4.79 Å². The number of hydrogen-bond acceptors (Lipinski definition) is 8. The third kappa shape index (κ3) is 17.4. The number of Topliss-reactive ketones (excluding diaryl/α,β-unsaturated/α-hetero) is 1. The molecule has 3 aliphatic rings. The normalized spacial score (nSPS) is 16.0. The van der Waals surface area contributed by atoms with E-state index >= 15 is 0 Å². The number of fused-ring (bicyclic) bond motifs is 2. The van der Waals surface area contributed by atoms with Gasteiger partial charge in [-0.25, -0.2) is 8.42 Å². The fourth-order valence-electron chi connectivity index (χ4n) is 11.7. The standard InChI is InChI=1S/C45H44Br2Cl2N3.C18H12Cl3S.C8H6O3.C6H6O3S/c1-7-50-39-23-17-33(48)27-37(39)44(3,4)41(50)25-11-29-9-10-30(12-26-42-45(5,6)38-28-34(49)18-24-40(38)51(42)8-2)43(29)52(35-19-13-31(46)14-20-35)36-21-15-32(47)16-22-36;19-13-1-7-16(8-2-13)22(17-9-3-14(20)4-10-17)18-11-5-15(21)6-12-18;9-7(8(10)11)6-4-2-1-3-5-6;7-10(8,9)6-4-2-1-3-5-6/h11-28H,7-10H2,1-6H3;1-12H;1-5H,(H,10,11);1-5H,(H,7,8,9)/q2*+1;;/p-2. The molecule has 0 bridgehead atoms. The average molecular weight is 1530 g/mol. The number of ketones is 1. The lowest BCUT2D eigenvalue weighted by Gasteiger charge is -2.26. The molecule has 9 aromatic carbocycles. The van der Waals surface area contributed by atoms with E-state index in [-0.39, 0.29) is 32.2 Å². The smallest absolute Gasteiger partial charge is 0.218 e. The highest BCUT2D eigenvalue weighted by Crippen LogP contribution is 2.50. The molecular weight excluding hydrogens is 1460 g/mol. The molecule has 2 aliphatic heterocycles. The summed E-state index contributed by atoms with van der Waals surface area (Å²) >= 11 is 38.5. The number of halogens is 7. The van der Waals surface area contributed by atoms with Crippen molar-refractivity contribution in [2.45, 2.75) is 84.8 Å². The predicted octanol–water partition coefficient (Wildman–Crippen LogP) is 20.8. The minimum Gasteiger partial charge on any atom is -0.744 e. The quantitative estimate of drug-likeness (QED) is 0.0389. The zero-order chi connectivity index (χ0) is 68.4. The zero-order valence-electron chi connectivity index (χ0n) is 52.7. The summed E-state index contributed by atoms with van der Waals surface area (Å²) in [5.41, 5.74) is 13.4. The molecule has 9 nitrogen and oxygen atoms in total. The monoisotopic (exact) mass is 1530 g/mol. The minimum atomic E-state index is -4.25. The number of anilines is 2. The number of allylic oxidation sites excluding steroid dienone is 8. The van der Waals surface area contributed by atoms with Crippen LogP contribution in [0.4, 0.5) is 22.7 Å². The summed E-state index contributed by atoms with van der Waals surface area (Å²) in [5.74, 6) is -2.65. The second-order valence-electron chi connectivity index (χ2n) is 23.1. The van der Waals surface area contributed by atoms with Gasteiger partial charge in [-0.1, -0.05) is 178 Å². The number of carbonyl (C=O) groups is 2. The molecule has 0 N–H and O–H groups in total. The lowest BCUT2D eigenvalue weighted by atomic mass is 9.83. The van der Waals surface area contributed by atoms with Gasteiger partial charge in [0, 0.05) is 122 Å². The van der Waals surface area contributed by atoms with Crippen molar-refractivity contribution in [3.63, 3.8) is 0 Å². The predicted molar refractivity (Wildman–Crippen MR) is 398 cm³/mol. The molecule has 1 saturated carbocycles. The maximum Gasteiger partial charge on any atom is 0.218 e. The molecule has 1 aliphatic carbocycles. The van der Waals surface area contributed by atoms with Crippen LogP contribution >= 0.6 is 89.9 Å². The van der Waals surface area contributed by atoms with E-state index in [1.54, 1.807) is 24.3 Å². The van der Waals surface area contributed by atoms with Crippen LogP contribution in [-0.4, -0.2) is 43.5 Å². The van der Waals surface area contributed by atoms with Gasteiger partial charge in [0.1, 0.15) is 16.1 Å². The molecule has 0 radical (unpaired) electrons. The van der Waals surface area contributed by atoms with Crippen molar-refractivity contribution in [3.8, 4) is 0 Å². The Morgan fingerprint density at radius 2 is 0.853 bits per heavy atom. The van der Waals surface area contributed by atoms with E-state index in [1.165, 1.54) is 102 Å². The van der Waals surface area contributed by atoms with Crippen LogP contribution in [0.3, 0.4) is 0 Å². The first-order valence-corrected chi connectivity index (χ1v) is 36.4. The lowest BCUT2D eigenvalue weighted by molar-refractivity contribution is -0.296. The van der Waals surface area contributed by atoms with Crippen LogP contribution in [0.25, 0.3) is 0 Å². The van der Waals surface area contributed by atoms with Crippen LogP contribution < -0.4 is 19.5 Å². The minimum absolute atomic E-state index is 0.146. The number of likely N-dealkylation sites (N-methyl/N-ethyl adjacent to an activating group) is 2. The Morgan fingerprint density at radius 1 is 0.505 bits per heavy atom. The number of rotatable bonds is 12. The summed E-state index contributed by atoms with van der Waals surface area (Å²) in [4.78, 5) is 29.0. The highest BCUT2D eigenvalue weighted by atomic mass is 79.9. The van der Waals surface area contributed by atoms with Gasteiger partial charge < -0.3 is 24.3 Å². The van der Waals surface area contributed by atoms with Gasteiger partial charge in [0.05, 0.1) is 15.8 Å². The summed E-state index contributed by atoms with van der Waals surface area (Å²) in [6.07, 6.45) is 11.3. The SMILES string of the molecule is CCN1C(=CC=C2CC/C(=C\C=C3\N(CC)c4ccc(Cl)cc4C3(C)C)C2=[N+](c2ccc(Br)cc2)c2ccc(Br)cc2)C(C)(C)c2cc(Cl)ccc21.Clc1ccc([S+](c2ccc(Cl)cc2)c2ccc(Cl)cc2)cc1.O=C([O-])C(=O)c1ccccc1.O=S(=O)([O-])c1ccccc1. The third-order valence-corrected chi connectivity index (χ3v) is 21.7. The Bertz CT molecular complexity index is 4270. The van der Waals surface area contributed by atoms with Crippen LogP contribution in [0.2, 0.25) is 25.1 Å². The van der Waals surface area contributed by atoms with Gasteiger partial charge in [-0.2, -0.15) is 4.58 Å². The molecule has 0 aromatic heterocycles. The fourth-order valence-corrected chi connectivity index (χ4v) is 15.4. The van der Waals surface area contributed by atoms with Crippen molar-refractivity contribution in [2.24, 2.45) is 0 Å². The van der Waals surface area contributed by atoms with Crippen molar-refractivity contribution in [2.75, 3.05) is 22.9 Å². The summed E-state index contributed by atoms with van der Waals surface area (Å²) in [7, 11) is -4.47. The molecule has 0 spiro atoms. The third-order valence-electron chi connectivity index (χ3n) is 16.3. The van der Waals surface area contributed by atoms with E-state index in [9.17, 15) is 27.7 Å². The van der Waals surface area contributed by atoms with Gasteiger partial charge in [0.2, 0.25) is 22.9 Å². The average Bonchev–Trinajstić information content (AvgIpc) is 1.61. The molecule has 12 rings (SSSR count). The van der Waals surface area contributed by atoms with Crippen LogP contribution in [0.5, 0.6) is 0 Å². The molecule has 2 heterocycles. The Morgan fingerprint density at radius 3 is 1.18 bits per heavy atom. The number of carbonyl (C=O) groups excluding carboxylic acids is 2. The number of hydrogen-bond donors (Lipinski definition) is 0. The van der Waals surface area contributed by atoms with E-state index in [0.717, 1.165) is 71.4 Å². The molecule has 9 aromatic rings. The van der Waals surface area contributed by atoms with Crippen LogP contribution in [0.15, 0.2) is 294 Å². The number of carboxylic acids is 1. The first-order valence-electron chi connectivity index (χ1n) is 30.3. The van der Waals surface area contributed by atoms with Crippen molar-refractivity contribution in [3.05, 3.63) is 316 Å². The number of nitrogens with zero attached hydrogens (tertiary/aromatic N) is 3. The molecule has 0 saturated heterocycles. The van der Waals surface area contributed by atoms with E-state index in [2.05, 4.69) is 221 Å². The number of carboxylic acid groups (broad SMARTS) is 1. The topological polar surface area (TPSA) is 124 Å². The maximum atomic E-state index is 10.7. The highest BCUT2D eigenvalue weighted by Gasteiger charge is 2.42. The number of aliphatic carboxylic acids is 1. The second-order valence-corrected chi connectivity index (χ2v) is 30.5. The summed E-state index contributed by atoms with van der Waals surface area (Å²) in [6, 6.07) is 68.7. The Hall–Kier alpha value is -6.98. The number of benzene rings is 9. The molecule has 0 unspecified atom stereocenters. The summed E-state index contributed by atoms with van der Waals surface area (Å²) in [6.45, 7) is 15.4. The van der Waals surface area contributed by atoms with Crippen molar-refractivity contribution < 1.29 is 27.7 Å². The molecular formula is C77H66Br2Cl5N3O6S2. The largest absolute Gasteiger partial charge is 0.744 e. The van der Waals surface area contributed by atoms with Crippen molar-refractivity contribution >= 4 is 151 Å². The molecule has 18 heteroatoms. The van der Waals surface area contributed by atoms with Crippen molar-refractivity contribution in [1.29, 1.82) is 0 Å². The van der Waals surface area contributed by atoms with Crippen molar-refractivity contribution in [1.82, 2.24) is 4.58 Å². The molecule has 0 amide bonds. The fraction of sp³-hybridized carbons (Fsp3) is 0.156. The van der Waals surface area contributed by atoms with Gasteiger partial charge in [0.15, 0.2) is 14.7 Å². The van der Waals surface area contributed by atoms with E-state index in [0.29, 0.717) is 0 Å². The molecule has 1 fully saturated rings. The van der Waals surface area contributed by atoms with E-state index < -0.39 is 21.9 Å². The van der Waals surface area contributed by atoms with Crippen LogP contribution in [0.1, 0.15) is 75.9 Å². The first-order chi connectivity index (χ1) is 45.3. The Labute approximate surface area is 601 Å². The van der Waals surface area contributed by atoms with Gasteiger partial charge in [-0.05, 0) is 196 Å². The Balaban J connectivity index is 0.000000198. The van der Waals surface area contributed by atoms with Crippen LogP contribution in [-0.2, 0) is 36.6 Å². The summed E-state index contributed by atoms with van der Waals surface area (Å²) < 4.78 is 35.4. The van der Waals surface area contributed by atoms with Gasteiger partial charge in [0.25, 0.3) is 0 Å². The van der Waals surface area contributed by atoms with E-state index in [1.807, 2.05) is 48.5 Å². The van der Waals surface area contributed by atoms with E-state index in [4.69, 9.17) is 58.0 Å². The molecule has 95 heavy (non-hydrogen) atoms. The molecule has 486 valence electrons. The van der Waals surface area contributed by atoms with Crippen LogP contribution in [0, 0.1) is 0 Å². The first kappa shape index (κ1) is 72.3. The Kier molecular flexibility index (Phi) is 24.3. The zero-order valence-corrected chi connectivity index (χ0v) is 61.3.